The Kier molecular flexibility index (Phi) is 2.35. The molecule has 18 heavy (non-hydrogen) atoms. The molecule has 4 N–H and O–H groups in total. The SMILES string of the molecule is O=c1[nH]c(=O)n([C@@H]2CC[C@@H](O)[C@H]2O)c2nc[nH]c12. The van der Waals surface area contributed by atoms with Crippen LogP contribution in [0.5, 0.6) is 0 Å². The van der Waals surface area contributed by atoms with Crippen molar-refractivity contribution in [3.05, 3.63) is 27.2 Å². The molecule has 8 heteroatoms. The summed E-state index contributed by atoms with van der Waals surface area (Å²) in [5, 5.41) is 19.4. The van der Waals surface area contributed by atoms with Crippen molar-refractivity contribution in [1.29, 1.82) is 0 Å². The molecule has 0 unspecified atom stereocenters. The van der Waals surface area contributed by atoms with Crippen molar-refractivity contribution in [3.8, 4) is 0 Å². The lowest BCUT2D eigenvalue weighted by molar-refractivity contribution is 0.0233. The number of fused-ring (bicyclic) bond motifs is 1. The normalized spacial score (nSPS) is 28.0. The molecule has 1 aliphatic carbocycles. The summed E-state index contributed by atoms with van der Waals surface area (Å²) in [6.45, 7) is 0. The number of aliphatic hydroxyl groups is 2. The van der Waals surface area contributed by atoms with Crippen LogP contribution in [0.25, 0.3) is 11.2 Å². The number of aromatic amines is 2. The highest BCUT2D eigenvalue weighted by Crippen LogP contribution is 2.30. The van der Waals surface area contributed by atoms with Gasteiger partial charge in [0.2, 0.25) is 0 Å². The van der Waals surface area contributed by atoms with E-state index in [4.69, 9.17) is 0 Å². The molecule has 1 aliphatic rings. The maximum atomic E-state index is 11.9. The van der Waals surface area contributed by atoms with Gasteiger partial charge >= 0.3 is 5.69 Å². The summed E-state index contributed by atoms with van der Waals surface area (Å²) in [6.07, 6.45) is 0.281. The Balaban J connectivity index is 2.26. The third-order valence-corrected chi connectivity index (χ3v) is 3.39. The second kappa shape index (κ2) is 3.79. The highest BCUT2D eigenvalue weighted by molar-refractivity contribution is 5.68. The van der Waals surface area contributed by atoms with Crippen LogP contribution in [0.1, 0.15) is 18.9 Å². The van der Waals surface area contributed by atoms with Crippen molar-refractivity contribution in [2.75, 3.05) is 0 Å². The van der Waals surface area contributed by atoms with E-state index in [1.165, 1.54) is 10.9 Å². The zero-order chi connectivity index (χ0) is 12.9. The van der Waals surface area contributed by atoms with Crippen molar-refractivity contribution in [1.82, 2.24) is 19.5 Å². The quantitative estimate of drug-likeness (QED) is 0.490. The van der Waals surface area contributed by atoms with E-state index < -0.39 is 29.5 Å². The van der Waals surface area contributed by atoms with Crippen molar-refractivity contribution in [2.24, 2.45) is 0 Å². The molecule has 0 bridgehead atoms. The Labute approximate surface area is 99.9 Å². The van der Waals surface area contributed by atoms with E-state index in [0.717, 1.165) is 0 Å². The number of rotatable bonds is 1. The summed E-state index contributed by atoms with van der Waals surface area (Å²) in [4.78, 5) is 32.1. The Morgan fingerprint density at radius 2 is 2.11 bits per heavy atom. The molecule has 0 saturated heterocycles. The number of aliphatic hydroxyl groups excluding tert-OH is 2. The highest BCUT2D eigenvalue weighted by atomic mass is 16.3. The molecule has 3 atom stereocenters. The molecule has 96 valence electrons. The predicted octanol–water partition coefficient (Wildman–Crippen LogP) is -1.53. The van der Waals surface area contributed by atoms with Crippen LogP contribution in [0, 0.1) is 0 Å². The summed E-state index contributed by atoms with van der Waals surface area (Å²) < 4.78 is 1.23. The molecule has 1 fully saturated rings. The third kappa shape index (κ3) is 1.42. The summed E-state index contributed by atoms with van der Waals surface area (Å²) in [5.74, 6) is 0. The fraction of sp³-hybridized carbons (Fsp3) is 0.500. The lowest BCUT2D eigenvalue weighted by Crippen LogP contribution is -2.37. The first kappa shape index (κ1) is 11.2. The number of aromatic nitrogens is 4. The maximum absolute atomic E-state index is 11.9. The molecular weight excluding hydrogens is 240 g/mol. The number of hydrogen-bond donors (Lipinski definition) is 4. The number of nitrogens with one attached hydrogen (secondary N) is 2. The van der Waals surface area contributed by atoms with Crippen LogP contribution in [-0.4, -0.2) is 41.9 Å². The minimum Gasteiger partial charge on any atom is -0.390 e. The van der Waals surface area contributed by atoms with Gasteiger partial charge in [0.25, 0.3) is 5.56 Å². The van der Waals surface area contributed by atoms with Gasteiger partial charge in [-0.1, -0.05) is 0 Å². The molecule has 0 aliphatic heterocycles. The molecule has 0 aromatic carbocycles. The smallest absolute Gasteiger partial charge is 0.330 e. The van der Waals surface area contributed by atoms with E-state index in [1.54, 1.807) is 0 Å². The van der Waals surface area contributed by atoms with Crippen LogP contribution < -0.4 is 11.2 Å². The van der Waals surface area contributed by atoms with Crippen LogP contribution in [0.15, 0.2) is 15.9 Å². The second-order valence-corrected chi connectivity index (χ2v) is 4.43. The highest BCUT2D eigenvalue weighted by Gasteiger charge is 2.36. The molecule has 2 heterocycles. The topological polar surface area (TPSA) is 124 Å². The summed E-state index contributed by atoms with van der Waals surface area (Å²) in [5.41, 5.74) is -0.792. The Morgan fingerprint density at radius 3 is 2.78 bits per heavy atom. The van der Waals surface area contributed by atoms with Crippen molar-refractivity contribution < 1.29 is 10.2 Å². The Bertz CT molecular complexity index is 700. The molecule has 8 nitrogen and oxygen atoms in total. The second-order valence-electron chi connectivity index (χ2n) is 4.43. The van der Waals surface area contributed by atoms with E-state index in [2.05, 4.69) is 15.0 Å². The van der Waals surface area contributed by atoms with Crippen molar-refractivity contribution in [2.45, 2.75) is 31.1 Å². The van der Waals surface area contributed by atoms with Crippen LogP contribution in [0.3, 0.4) is 0 Å². The first-order valence-electron chi connectivity index (χ1n) is 5.63. The number of hydrogen-bond acceptors (Lipinski definition) is 5. The lowest BCUT2D eigenvalue weighted by Gasteiger charge is -2.18. The van der Waals surface area contributed by atoms with E-state index in [1.807, 2.05) is 0 Å². The number of imidazole rings is 1. The van der Waals surface area contributed by atoms with Gasteiger partial charge in [0.1, 0.15) is 11.6 Å². The van der Waals surface area contributed by atoms with Crippen LogP contribution >= 0.6 is 0 Å². The zero-order valence-electron chi connectivity index (χ0n) is 9.33. The van der Waals surface area contributed by atoms with E-state index in [9.17, 15) is 19.8 Å². The van der Waals surface area contributed by atoms with Gasteiger partial charge in [-0.3, -0.25) is 14.3 Å². The fourth-order valence-electron chi connectivity index (χ4n) is 2.48. The molecule has 0 amide bonds. The van der Waals surface area contributed by atoms with Gasteiger partial charge in [-0.2, -0.15) is 0 Å². The van der Waals surface area contributed by atoms with Gasteiger partial charge in [0, 0.05) is 0 Å². The zero-order valence-corrected chi connectivity index (χ0v) is 9.33. The molecular formula is C10H12N4O4. The van der Waals surface area contributed by atoms with Gasteiger partial charge < -0.3 is 15.2 Å². The van der Waals surface area contributed by atoms with Gasteiger partial charge in [0.05, 0.1) is 18.5 Å². The number of H-pyrrole nitrogens is 2. The van der Waals surface area contributed by atoms with Gasteiger partial charge in [-0.25, -0.2) is 9.78 Å². The third-order valence-electron chi connectivity index (χ3n) is 3.39. The van der Waals surface area contributed by atoms with Gasteiger partial charge in [-0.05, 0) is 12.8 Å². The van der Waals surface area contributed by atoms with E-state index >= 15 is 0 Å². The summed E-state index contributed by atoms with van der Waals surface area (Å²) in [7, 11) is 0. The molecule has 0 radical (unpaired) electrons. The van der Waals surface area contributed by atoms with Gasteiger partial charge in [-0.15, -0.1) is 0 Å². The first-order chi connectivity index (χ1) is 8.59. The fourth-order valence-corrected chi connectivity index (χ4v) is 2.48. The van der Waals surface area contributed by atoms with E-state index in [0.29, 0.717) is 12.8 Å². The summed E-state index contributed by atoms with van der Waals surface area (Å²) >= 11 is 0. The Morgan fingerprint density at radius 1 is 1.33 bits per heavy atom. The monoisotopic (exact) mass is 252 g/mol. The lowest BCUT2D eigenvalue weighted by atomic mass is 10.2. The van der Waals surface area contributed by atoms with Crippen LogP contribution in [0.4, 0.5) is 0 Å². The minimum atomic E-state index is -1.03. The average molecular weight is 252 g/mol. The molecule has 2 aromatic heterocycles. The van der Waals surface area contributed by atoms with Crippen LogP contribution in [-0.2, 0) is 0 Å². The maximum Gasteiger partial charge on any atom is 0.330 e. The molecule has 0 spiro atoms. The summed E-state index contributed by atoms with van der Waals surface area (Å²) in [6, 6.07) is -0.574. The van der Waals surface area contributed by atoms with Gasteiger partial charge in [0.15, 0.2) is 5.65 Å². The molecule has 2 aromatic rings. The largest absolute Gasteiger partial charge is 0.390 e. The van der Waals surface area contributed by atoms with Crippen LogP contribution in [0.2, 0.25) is 0 Å². The standard InChI is InChI=1S/C10H12N4O4/c15-5-2-1-4(7(5)16)14-8-6(11-3-12-8)9(17)13-10(14)18/h3-5,7,15-16H,1-2H2,(H,11,12)(H,13,17,18)/t4-,5-,7+/m1/s1. The predicted molar refractivity (Wildman–Crippen MR) is 61.3 cm³/mol. The first-order valence-corrected chi connectivity index (χ1v) is 5.63. The minimum absolute atomic E-state index is 0.184. The molecule has 1 saturated carbocycles. The molecule has 3 rings (SSSR count). The average Bonchev–Trinajstić information content (AvgIpc) is 2.91. The van der Waals surface area contributed by atoms with Crippen molar-refractivity contribution in [3.63, 3.8) is 0 Å². The van der Waals surface area contributed by atoms with E-state index in [-0.39, 0.29) is 11.2 Å². The van der Waals surface area contributed by atoms with Crippen molar-refractivity contribution >= 4 is 11.2 Å². The number of nitrogens with zero attached hydrogens (tertiary/aromatic N) is 2. The Hall–Kier alpha value is -1.93.